The first-order valence-electron chi connectivity index (χ1n) is 12.4. The molecule has 0 spiro atoms. The zero-order chi connectivity index (χ0) is 22.2. The first-order valence-corrected chi connectivity index (χ1v) is 13.7. The molecule has 1 aromatic heterocycles. The van der Waals surface area contributed by atoms with Crippen molar-refractivity contribution < 1.29 is 9.32 Å². The highest BCUT2D eigenvalue weighted by Crippen LogP contribution is 2.40. The largest absolute Gasteiger partial charge is 0.394 e. The molecular formula is C25H31N5O2S. The summed E-state index contributed by atoms with van der Waals surface area (Å²) in [6, 6.07) is 7.01. The van der Waals surface area contributed by atoms with Crippen LogP contribution in [-0.2, 0) is 30.1 Å². The van der Waals surface area contributed by atoms with Gasteiger partial charge in [-0.15, -0.1) is 0 Å². The molecular weight excluding hydrogens is 434 g/mol. The Bertz CT molecular complexity index is 1130. The SMILES string of the molecule is O=[S@@]1CCc2nc(N3C[C@H]4CN(c5ccc6c(c5)CC6)C[C@H]4C3)nc(NC3(CO)CCC3)c21. The van der Waals surface area contributed by atoms with Crippen molar-refractivity contribution in [2.24, 2.45) is 11.8 Å². The van der Waals surface area contributed by atoms with Gasteiger partial charge in [-0.1, -0.05) is 6.07 Å². The summed E-state index contributed by atoms with van der Waals surface area (Å²) >= 11 is 0. The van der Waals surface area contributed by atoms with Gasteiger partial charge in [0.25, 0.3) is 0 Å². The average Bonchev–Trinajstić information content (AvgIpc) is 3.45. The molecule has 0 amide bonds. The normalized spacial score (nSPS) is 28.7. The average molecular weight is 466 g/mol. The summed E-state index contributed by atoms with van der Waals surface area (Å²) in [6.07, 6.45) is 6.16. The number of aromatic nitrogens is 2. The van der Waals surface area contributed by atoms with E-state index >= 15 is 0 Å². The summed E-state index contributed by atoms with van der Waals surface area (Å²) < 4.78 is 12.7. The number of aliphatic hydroxyl groups excluding tert-OH is 1. The highest BCUT2D eigenvalue weighted by atomic mass is 32.2. The molecule has 0 unspecified atom stereocenters. The van der Waals surface area contributed by atoms with Crippen LogP contribution in [0.25, 0.3) is 0 Å². The van der Waals surface area contributed by atoms with Gasteiger partial charge < -0.3 is 20.2 Å². The second kappa shape index (κ2) is 7.40. The van der Waals surface area contributed by atoms with Gasteiger partial charge in [-0.2, -0.15) is 4.98 Å². The number of anilines is 3. The van der Waals surface area contributed by atoms with Gasteiger partial charge in [0.1, 0.15) is 10.7 Å². The van der Waals surface area contributed by atoms with Crippen molar-refractivity contribution >= 4 is 28.3 Å². The maximum atomic E-state index is 12.7. The van der Waals surface area contributed by atoms with Crippen LogP contribution in [0.4, 0.5) is 17.5 Å². The number of aryl methyl sites for hydroxylation is 3. The number of nitrogens with one attached hydrogen (secondary N) is 1. The Balaban J connectivity index is 1.11. The van der Waals surface area contributed by atoms with Gasteiger partial charge in [0.2, 0.25) is 5.95 Å². The molecule has 2 aliphatic carbocycles. The van der Waals surface area contributed by atoms with Crippen molar-refractivity contribution in [1.82, 2.24) is 9.97 Å². The lowest BCUT2D eigenvalue weighted by molar-refractivity contribution is 0.143. The topological polar surface area (TPSA) is 81.6 Å². The summed E-state index contributed by atoms with van der Waals surface area (Å²) in [5.74, 6) is 3.32. The quantitative estimate of drug-likeness (QED) is 0.700. The maximum absolute atomic E-state index is 12.7. The number of fused-ring (bicyclic) bond motifs is 3. The fraction of sp³-hybridized carbons (Fsp3) is 0.600. The van der Waals surface area contributed by atoms with E-state index in [0.717, 1.165) is 68.4 Å². The predicted molar refractivity (Wildman–Crippen MR) is 130 cm³/mol. The molecule has 1 saturated carbocycles. The van der Waals surface area contributed by atoms with E-state index in [-0.39, 0.29) is 12.1 Å². The van der Waals surface area contributed by atoms with Crippen molar-refractivity contribution in [3.05, 3.63) is 35.0 Å². The van der Waals surface area contributed by atoms with Crippen LogP contribution < -0.4 is 15.1 Å². The zero-order valence-corrected chi connectivity index (χ0v) is 19.7. The molecule has 3 fully saturated rings. The van der Waals surface area contributed by atoms with Crippen molar-refractivity contribution in [3.8, 4) is 0 Å². The van der Waals surface area contributed by atoms with E-state index in [1.165, 1.54) is 29.7 Å². The molecule has 7 nitrogen and oxygen atoms in total. The number of hydrogen-bond acceptors (Lipinski definition) is 7. The second-order valence-electron chi connectivity index (χ2n) is 10.6. The van der Waals surface area contributed by atoms with E-state index in [4.69, 9.17) is 9.97 Å². The highest BCUT2D eigenvalue weighted by Gasteiger charge is 2.43. The van der Waals surface area contributed by atoms with Crippen molar-refractivity contribution in [1.29, 1.82) is 0 Å². The molecule has 8 heteroatoms. The van der Waals surface area contributed by atoms with Gasteiger partial charge >= 0.3 is 0 Å². The highest BCUT2D eigenvalue weighted by molar-refractivity contribution is 7.85. The fourth-order valence-electron chi connectivity index (χ4n) is 6.33. The van der Waals surface area contributed by atoms with Crippen LogP contribution in [0, 0.1) is 11.8 Å². The number of benzene rings is 1. The van der Waals surface area contributed by atoms with E-state index < -0.39 is 10.8 Å². The number of rotatable bonds is 5. The molecule has 1 aromatic carbocycles. The lowest BCUT2D eigenvalue weighted by Gasteiger charge is -2.41. The fourth-order valence-corrected chi connectivity index (χ4v) is 7.64. The minimum Gasteiger partial charge on any atom is -0.394 e. The third-order valence-corrected chi connectivity index (χ3v) is 10.1. The van der Waals surface area contributed by atoms with E-state index in [0.29, 0.717) is 23.4 Å². The molecule has 0 bridgehead atoms. The molecule has 5 aliphatic rings. The summed E-state index contributed by atoms with van der Waals surface area (Å²) in [4.78, 5) is 15.5. The van der Waals surface area contributed by atoms with Crippen LogP contribution in [0.15, 0.2) is 23.1 Å². The van der Waals surface area contributed by atoms with Crippen molar-refractivity contribution in [2.45, 2.75) is 49.0 Å². The Morgan fingerprint density at radius 2 is 1.79 bits per heavy atom. The molecule has 3 atom stereocenters. The van der Waals surface area contributed by atoms with Crippen LogP contribution in [-0.4, -0.2) is 63.4 Å². The summed E-state index contributed by atoms with van der Waals surface area (Å²) in [5, 5.41) is 13.5. The standard InChI is InChI=1S/C25H31N5O2S/c31-15-25(7-1-8-25)28-23-22-21(6-9-33(22)32)26-24(27-23)30-13-18-11-29(12-19(18)14-30)20-5-4-16-2-3-17(16)10-20/h4-5,10,18-19,31H,1-3,6-9,11-15H2,(H,26,27,28)/t18-,19+,33-/m1/s1. The third-order valence-electron chi connectivity index (χ3n) is 8.66. The summed E-state index contributed by atoms with van der Waals surface area (Å²) in [7, 11) is -1.06. The number of hydrogen-bond donors (Lipinski definition) is 2. The van der Waals surface area contributed by atoms with Gasteiger partial charge in [0, 0.05) is 55.9 Å². The van der Waals surface area contributed by atoms with E-state index in [1.54, 1.807) is 0 Å². The molecule has 0 radical (unpaired) electrons. The van der Waals surface area contributed by atoms with Crippen LogP contribution >= 0.6 is 0 Å². The first-order chi connectivity index (χ1) is 16.1. The third kappa shape index (κ3) is 3.21. The Kier molecular flexibility index (Phi) is 4.53. The maximum Gasteiger partial charge on any atom is 0.227 e. The molecule has 174 valence electrons. The smallest absolute Gasteiger partial charge is 0.227 e. The monoisotopic (exact) mass is 465 g/mol. The molecule has 2 N–H and O–H groups in total. The molecule has 3 aliphatic heterocycles. The lowest BCUT2D eigenvalue weighted by Crippen LogP contribution is -2.48. The van der Waals surface area contributed by atoms with Gasteiger partial charge in [0.05, 0.1) is 28.6 Å². The minimum absolute atomic E-state index is 0.0835. The van der Waals surface area contributed by atoms with Crippen LogP contribution in [0.5, 0.6) is 0 Å². The zero-order valence-electron chi connectivity index (χ0n) is 18.9. The van der Waals surface area contributed by atoms with Crippen LogP contribution in [0.2, 0.25) is 0 Å². The van der Waals surface area contributed by atoms with E-state index in [2.05, 4.69) is 33.3 Å². The summed E-state index contributed by atoms with van der Waals surface area (Å²) in [6.45, 7) is 4.21. The van der Waals surface area contributed by atoms with Gasteiger partial charge in [-0.3, -0.25) is 4.21 Å². The number of nitrogens with zero attached hydrogens (tertiary/aromatic N) is 4. The van der Waals surface area contributed by atoms with E-state index in [1.807, 2.05) is 0 Å². The molecule has 2 saturated heterocycles. The second-order valence-corrected chi connectivity index (χ2v) is 12.2. The summed E-state index contributed by atoms with van der Waals surface area (Å²) in [5.41, 5.74) is 5.04. The lowest BCUT2D eigenvalue weighted by atomic mass is 9.77. The minimum atomic E-state index is -1.06. The molecule has 33 heavy (non-hydrogen) atoms. The van der Waals surface area contributed by atoms with Gasteiger partial charge in [-0.05, 0) is 55.4 Å². The Hall–Kier alpha value is -2.19. The Morgan fingerprint density at radius 3 is 2.42 bits per heavy atom. The van der Waals surface area contributed by atoms with Gasteiger partial charge in [0.15, 0.2) is 0 Å². The number of aliphatic hydroxyl groups is 1. The molecule has 2 aromatic rings. The van der Waals surface area contributed by atoms with E-state index in [9.17, 15) is 9.32 Å². The van der Waals surface area contributed by atoms with Crippen molar-refractivity contribution in [3.63, 3.8) is 0 Å². The molecule has 7 rings (SSSR count). The van der Waals surface area contributed by atoms with Crippen molar-refractivity contribution in [2.75, 3.05) is 53.7 Å². The van der Waals surface area contributed by atoms with Crippen LogP contribution in [0.3, 0.4) is 0 Å². The van der Waals surface area contributed by atoms with Gasteiger partial charge in [-0.25, -0.2) is 4.98 Å². The molecule has 4 heterocycles. The first kappa shape index (κ1) is 20.2. The predicted octanol–water partition coefficient (Wildman–Crippen LogP) is 2.14. The Labute approximate surface area is 197 Å². The Morgan fingerprint density at radius 1 is 1.03 bits per heavy atom. The van der Waals surface area contributed by atoms with Crippen LogP contribution in [0.1, 0.15) is 36.1 Å².